The Hall–Kier alpha value is -6.64. The van der Waals surface area contributed by atoms with Crippen LogP contribution >= 0.6 is 0 Å². The maximum absolute atomic E-state index is 13.0. The molecule has 7 heterocycles. The number of aromatic carboxylic acids is 1. The topological polar surface area (TPSA) is 147 Å². The molecule has 69 heavy (non-hydrogen) atoms. The van der Waals surface area contributed by atoms with Crippen molar-refractivity contribution < 1.29 is 50.6 Å². The number of fused-ring (bicyclic) bond motifs is 2. The fraction of sp³-hybridized carbons (Fsp3) is 0.388. The number of likely N-dealkylation sites (tertiary alicyclic amines) is 1. The van der Waals surface area contributed by atoms with Crippen LogP contribution in [-0.2, 0) is 9.59 Å². The average Bonchev–Trinajstić information content (AvgIpc) is 3.92. The first-order chi connectivity index (χ1) is 32.8. The quantitative estimate of drug-likeness (QED) is 0.201. The van der Waals surface area contributed by atoms with Gasteiger partial charge in [-0.15, -0.1) is 0 Å². The normalized spacial score (nSPS) is 18.9. The lowest BCUT2D eigenvalue weighted by molar-refractivity contribution is -0.187. The van der Waals surface area contributed by atoms with Crippen LogP contribution in [0.25, 0.3) is 22.8 Å². The van der Waals surface area contributed by atoms with Crippen LogP contribution in [0.15, 0.2) is 91.4 Å². The number of hydrogen-bond donors (Lipinski definition) is 2. The fourth-order valence-electron chi connectivity index (χ4n) is 8.94. The van der Waals surface area contributed by atoms with Gasteiger partial charge < -0.3 is 29.7 Å². The summed E-state index contributed by atoms with van der Waals surface area (Å²) in [6.07, 6.45) is 0.121. The van der Waals surface area contributed by atoms with Gasteiger partial charge >= 0.3 is 30.1 Å². The second-order valence-electron chi connectivity index (χ2n) is 17.7. The van der Waals surface area contributed by atoms with E-state index in [1.807, 2.05) is 91.6 Å². The Bertz CT molecular complexity index is 2700. The van der Waals surface area contributed by atoms with Crippen molar-refractivity contribution in [2.45, 2.75) is 44.2 Å². The Morgan fingerprint density at radius 3 is 1.75 bits per heavy atom. The SMILES string of the molecule is Cc1ccc(-n2ccc3cc(C(=O)O)ccc32)nc1.Cc1ccc(C2C=Cc3cc(C(=O)N4CC(N5CCN(C(=O)C(F)(F)F)CC5)C4)ccc32)nc1.O=C(N1CCN(C2CNC2)CC1)C(F)(F)F. The average molecular weight is 960 g/mol. The van der Waals surface area contributed by atoms with Gasteiger partial charge in [-0.2, -0.15) is 26.3 Å². The number of carbonyl (C=O) groups is 4. The van der Waals surface area contributed by atoms with Crippen molar-refractivity contribution in [1.29, 1.82) is 0 Å². The molecule has 0 bridgehead atoms. The third-order valence-corrected chi connectivity index (χ3v) is 13.1. The van der Waals surface area contributed by atoms with Gasteiger partial charge in [-0.05, 0) is 84.6 Å². The lowest BCUT2D eigenvalue weighted by atomic mass is 9.95. The number of carboxylic acids is 1. The Balaban J connectivity index is 0.000000154. The van der Waals surface area contributed by atoms with Gasteiger partial charge in [-0.3, -0.25) is 29.2 Å². The third kappa shape index (κ3) is 11.1. The van der Waals surface area contributed by atoms with Crippen LogP contribution in [-0.4, -0.2) is 171 Å². The number of halogens is 6. The van der Waals surface area contributed by atoms with Crippen molar-refractivity contribution in [3.63, 3.8) is 0 Å². The Labute approximate surface area is 393 Å². The monoisotopic (exact) mass is 959 g/mol. The van der Waals surface area contributed by atoms with Crippen LogP contribution in [0.4, 0.5) is 26.3 Å². The minimum atomic E-state index is -4.83. The molecule has 4 saturated heterocycles. The lowest BCUT2D eigenvalue weighted by Crippen LogP contribution is -2.65. The van der Waals surface area contributed by atoms with E-state index in [9.17, 15) is 45.5 Å². The van der Waals surface area contributed by atoms with Crippen molar-refractivity contribution in [2.75, 3.05) is 78.5 Å². The van der Waals surface area contributed by atoms with E-state index in [4.69, 9.17) is 5.11 Å². The predicted octanol–water partition coefficient (Wildman–Crippen LogP) is 5.78. The maximum atomic E-state index is 13.0. The molecule has 0 saturated carbocycles. The van der Waals surface area contributed by atoms with E-state index in [2.05, 4.69) is 31.2 Å². The molecule has 0 radical (unpaired) electrons. The number of amides is 3. The molecule has 3 aromatic heterocycles. The number of nitrogens with one attached hydrogen (secondary N) is 1. The highest BCUT2D eigenvalue weighted by Crippen LogP contribution is 2.36. The van der Waals surface area contributed by atoms with E-state index in [-0.39, 0.29) is 44.0 Å². The Morgan fingerprint density at radius 1 is 0.652 bits per heavy atom. The zero-order valence-corrected chi connectivity index (χ0v) is 37.9. The number of allylic oxidation sites excluding steroid dienone is 1. The minimum Gasteiger partial charge on any atom is -0.478 e. The summed E-state index contributed by atoms with van der Waals surface area (Å²) in [4.78, 5) is 62.9. The Kier molecular flexibility index (Phi) is 14.2. The van der Waals surface area contributed by atoms with Crippen LogP contribution in [0.2, 0.25) is 0 Å². The number of carbonyl (C=O) groups excluding carboxylic acids is 3. The van der Waals surface area contributed by atoms with Crippen LogP contribution in [0.3, 0.4) is 0 Å². The molecule has 4 aliphatic heterocycles. The zero-order chi connectivity index (χ0) is 49.2. The molecule has 5 aliphatic rings. The number of hydrogen-bond acceptors (Lipinski definition) is 9. The standard InChI is InChI=1S/C25H25F3N4O2.C15H12N2O2.C9H14F3N3O/c1-16-2-7-22(29-13-16)21-6-3-17-12-18(4-5-20(17)21)23(33)32-14-19(15-32)30-8-10-31(11-9-30)24(34)25(26,27)28;1-10-2-5-14(16-9-10)17-7-6-11-8-12(15(18)19)3-4-13(11)17;10-9(11,12)8(16)15-3-1-14(2-4-15)7-5-13-6-7/h2-7,12-13,19,21H,8-11,14-15H2,1H3;2-9H,1H3,(H,18,19);7,13H,1-6H2. The number of benzene rings is 2. The van der Waals surface area contributed by atoms with E-state index < -0.39 is 30.1 Å². The van der Waals surface area contributed by atoms with E-state index in [0.29, 0.717) is 56.4 Å². The van der Waals surface area contributed by atoms with Crippen molar-refractivity contribution in [3.8, 4) is 5.82 Å². The molecule has 0 spiro atoms. The van der Waals surface area contributed by atoms with Crippen LogP contribution in [0.1, 0.15) is 54.6 Å². The Morgan fingerprint density at radius 2 is 1.23 bits per heavy atom. The first-order valence-electron chi connectivity index (χ1n) is 22.6. The second-order valence-corrected chi connectivity index (χ2v) is 17.7. The summed E-state index contributed by atoms with van der Waals surface area (Å²) in [7, 11) is 0. The van der Waals surface area contributed by atoms with Crippen LogP contribution < -0.4 is 5.32 Å². The van der Waals surface area contributed by atoms with Gasteiger partial charge in [-0.25, -0.2) is 9.78 Å². The molecule has 1 aliphatic carbocycles. The van der Waals surface area contributed by atoms with Crippen molar-refractivity contribution in [3.05, 3.63) is 130 Å². The van der Waals surface area contributed by atoms with E-state index in [1.165, 1.54) is 0 Å². The zero-order valence-electron chi connectivity index (χ0n) is 37.9. The molecule has 1 unspecified atom stereocenters. The van der Waals surface area contributed by atoms with Crippen LogP contribution in [0, 0.1) is 13.8 Å². The molecule has 4 fully saturated rings. The molecule has 3 amide bonds. The van der Waals surface area contributed by atoms with Crippen molar-refractivity contribution in [2.24, 2.45) is 0 Å². The molecule has 2 aromatic carbocycles. The summed E-state index contributed by atoms with van der Waals surface area (Å²) >= 11 is 0. The molecule has 2 N–H and O–H groups in total. The van der Waals surface area contributed by atoms with E-state index in [1.54, 1.807) is 23.1 Å². The summed E-state index contributed by atoms with van der Waals surface area (Å²) < 4.78 is 76.3. The number of piperazine rings is 2. The van der Waals surface area contributed by atoms with Crippen molar-refractivity contribution >= 4 is 40.7 Å². The maximum Gasteiger partial charge on any atom is 0.471 e. The van der Waals surface area contributed by atoms with Gasteiger partial charge in [0.1, 0.15) is 5.82 Å². The first-order valence-corrected chi connectivity index (χ1v) is 22.6. The molecular formula is C49H51F6N9O5. The van der Waals surface area contributed by atoms with Gasteiger partial charge in [0, 0.05) is 126 Å². The van der Waals surface area contributed by atoms with E-state index >= 15 is 0 Å². The molecule has 20 heteroatoms. The summed E-state index contributed by atoms with van der Waals surface area (Å²) in [5, 5.41) is 13.0. The minimum absolute atomic E-state index is 0.0461. The van der Waals surface area contributed by atoms with Gasteiger partial charge in [0.15, 0.2) is 0 Å². The first kappa shape index (κ1) is 48.8. The number of pyridine rings is 2. The highest BCUT2D eigenvalue weighted by molar-refractivity contribution is 5.96. The van der Waals surface area contributed by atoms with E-state index in [0.717, 1.165) is 67.6 Å². The number of nitrogens with zero attached hydrogens (tertiary/aromatic N) is 8. The lowest BCUT2D eigenvalue weighted by Gasteiger charge is -2.48. The molecule has 1 atom stereocenters. The van der Waals surface area contributed by atoms with Crippen molar-refractivity contribution in [1.82, 2.24) is 44.4 Å². The summed E-state index contributed by atoms with van der Waals surface area (Å²) in [6, 6.07) is 21.3. The second kappa shape index (κ2) is 20.1. The summed E-state index contributed by atoms with van der Waals surface area (Å²) in [5.74, 6) is -3.54. The summed E-state index contributed by atoms with van der Waals surface area (Å²) in [5.41, 5.74) is 7.19. The predicted molar refractivity (Wildman–Crippen MR) is 244 cm³/mol. The van der Waals surface area contributed by atoms with Crippen LogP contribution in [0.5, 0.6) is 0 Å². The summed E-state index contributed by atoms with van der Waals surface area (Å²) in [6.45, 7) is 9.15. The molecule has 364 valence electrons. The number of rotatable bonds is 6. The molecule has 5 aromatic rings. The number of alkyl halides is 6. The number of aryl methyl sites for hydroxylation is 2. The molecule has 10 rings (SSSR count). The van der Waals surface area contributed by atoms with Gasteiger partial charge in [0.05, 0.1) is 16.8 Å². The largest absolute Gasteiger partial charge is 0.478 e. The fourth-order valence-corrected chi connectivity index (χ4v) is 8.94. The highest BCUT2D eigenvalue weighted by atomic mass is 19.4. The number of carboxylic acid groups (broad SMARTS) is 1. The smallest absolute Gasteiger partial charge is 0.471 e. The van der Waals surface area contributed by atoms with Gasteiger partial charge in [0.25, 0.3) is 5.91 Å². The third-order valence-electron chi connectivity index (χ3n) is 13.1. The number of aromatic nitrogens is 3. The molecule has 14 nitrogen and oxygen atoms in total. The van der Waals surface area contributed by atoms with Gasteiger partial charge in [0.2, 0.25) is 0 Å². The molecular weight excluding hydrogens is 909 g/mol. The highest BCUT2D eigenvalue weighted by Gasteiger charge is 2.45. The van der Waals surface area contributed by atoms with Gasteiger partial charge in [-0.1, -0.05) is 30.4 Å².